The lowest BCUT2D eigenvalue weighted by molar-refractivity contribution is -0.122. The Kier molecular flexibility index (Phi) is 4.75. The second kappa shape index (κ2) is 7.01. The number of ether oxygens (including phenoxy) is 1. The molecule has 138 valence electrons. The van der Waals surface area contributed by atoms with Gasteiger partial charge in [0.1, 0.15) is 11.9 Å². The summed E-state index contributed by atoms with van der Waals surface area (Å²) in [6.45, 7) is 12.8. The number of nitrogens with one attached hydrogen (secondary N) is 1. The summed E-state index contributed by atoms with van der Waals surface area (Å²) in [5.41, 5.74) is 5.55. The smallest absolute Gasteiger partial charge is 0.220 e. The van der Waals surface area contributed by atoms with E-state index < -0.39 is 0 Å². The Morgan fingerprint density at radius 2 is 2.12 bits per heavy atom. The van der Waals surface area contributed by atoms with Gasteiger partial charge >= 0.3 is 0 Å². The molecule has 0 fully saturated rings. The van der Waals surface area contributed by atoms with E-state index in [2.05, 4.69) is 33.8 Å². The van der Waals surface area contributed by atoms with Crippen LogP contribution in [0.1, 0.15) is 88.0 Å². The number of carbonyl (C=O) groups is 1. The van der Waals surface area contributed by atoms with Crippen LogP contribution in [0.25, 0.3) is 0 Å². The second-order valence-corrected chi connectivity index (χ2v) is 8.14. The molecule has 1 heterocycles. The highest BCUT2D eigenvalue weighted by atomic mass is 16.5. The highest BCUT2D eigenvalue weighted by Gasteiger charge is 2.39. The maximum absolute atomic E-state index is 12.2. The van der Waals surface area contributed by atoms with Gasteiger partial charge in [0.25, 0.3) is 0 Å². The van der Waals surface area contributed by atoms with Gasteiger partial charge in [0.15, 0.2) is 1.41 Å². The van der Waals surface area contributed by atoms with Gasteiger partial charge in [-0.3, -0.25) is 4.79 Å². The van der Waals surface area contributed by atoms with Crippen LogP contribution in [0, 0.1) is 12.8 Å². The third-order valence-corrected chi connectivity index (χ3v) is 6.40. The van der Waals surface area contributed by atoms with E-state index >= 15 is 0 Å². The number of amides is 1. The molecule has 25 heavy (non-hydrogen) atoms. The summed E-state index contributed by atoms with van der Waals surface area (Å²) in [7, 11) is 0. The predicted molar refractivity (Wildman–Crippen MR) is 102 cm³/mol. The second-order valence-electron chi connectivity index (χ2n) is 8.14. The molecule has 1 aromatic carbocycles. The molecule has 3 nitrogen and oxygen atoms in total. The van der Waals surface area contributed by atoms with E-state index in [0.717, 1.165) is 25.0 Å². The van der Waals surface area contributed by atoms with E-state index in [1.807, 2.05) is 13.8 Å². The maximum Gasteiger partial charge on any atom is 0.220 e. The lowest BCUT2D eigenvalue weighted by Gasteiger charge is -2.29. The van der Waals surface area contributed by atoms with Crippen molar-refractivity contribution in [3.05, 3.63) is 28.3 Å². The van der Waals surface area contributed by atoms with Crippen molar-refractivity contribution in [1.82, 2.24) is 5.31 Å². The van der Waals surface area contributed by atoms with Crippen molar-refractivity contribution in [2.45, 2.75) is 91.2 Å². The van der Waals surface area contributed by atoms with Gasteiger partial charge in [-0.05, 0) is 68.6 Å². The molecule has 2 aliphatic rings. The number of benzene rings is 1. The minimum atomic E-state index is -0.0861. The van der Waals surface area contributed by atoms with Crippen LogP contribution in [-0.4, -0.2) is 18.1 Å². The van der Waals surface area contributed by atoms with Crippen molar-refractivity contribution in [2.75, 3.05) is 0 Å². The fourth-order valence-corrected chi connectivity index (χ4v) is 4.63. The normalized spacial score (nSPS) is 27.1. The van der Waals surface area contributed by atoms with Crippen molar-refractivity contribution in [3.63, 3.8) is 0 Å². The summed E-state index contributed by atoms with van der Waals surface area (Å²) in [4.78, 5) is 12.2. The summed E-state index contributed by atoms with van der Waals surface area (Å²) in [5.74, 6) is 2.07. The highest BCUT2D eigenvalue weighted by Crippen LogP contribution is 2.51. The lowest BCUT2D eigenvalue weighted by Crippen LogP contribution is -2.39. The Morgan fingerprint density at radius 3 is 2.80 bits per heavy atom. The van der Waals surface area contributed by atoms with Gasteiger partial charge in [0.05, 0.1) is 0 Å². The minimum absolute atomic E-state index is 0.0653. The molecule has 3 heteroatoms. The zero-order valence-corrected chi connectivity index (χ0v) is 16.6. The first-order valence-corrected chi connectivity index (χ1v) is 9.91. The third kappa shape index (κ3) is 3.18. The number of hydrogen-bond donors (Lipinski definition) is 1. The molecule has 0 saturated carbocycles. The first-order chi connectivity index (χ1) is 12.3. The maximum atomic E-state index is 12.2. The van der Waals surface area contributed by atoms with Gasteiger partial charge in [-0.25, -0.2) is 0 Å². The molecule has 0 aromatic heterocycles. The number of aryl methyl sites for hydroxylation is 2. The summed E-state index contributed by atoms with van der Waals surface area (Å²) >= 11 is 0. The summed E-state index contributed by atoms with van der Waals surface area (Å²) in [6.07, 6.45) is 3.66. The molecule has 0 bridgehead atoms. The van der Waals surface area contributed by atoms with Crippen molar-refractivity contribution >= 4 is 5.91 Å². The van der Waals surface area contributed by atoms with Crippen LogP contribution in [0.3, 0.4) is 0 Å². The summed E-state index contributed by atoms with van der Waals surface area (Å²) in [5, 5.41) is 1.23. The van der Waals surface area contributed by atoms with Crippen LogP contribution in [0.5, 0.6) is 5.75 Å². The number of carbonyl (C=O) groups excluding carboxylic acids is 1. The van der Waals surface area contributed by atoms with E-state index in [1.54, 1.807) is 0 Å². The van der Waals surface area contributed by atoms with E-state index in [4.69, 9.17) is 6.15 Å². The van der Waals surface area contributed by atoms with Crippen LogP contribution < -0.4 is 10.0 Å². The van der Waals surface area contributed by atoms with Gasteiger partial charge in [-0.1, -0.05) is 26.8 Å². The van der Waals surface area contributed by atoms with Gasteiger partial charge in [-0.2, -0.15) is 0 Å². The molecule has 0 saturated heterocycles. The molecule has 1 aliphatic carbocycles. The van der Waals surface area contributed by atoms with E-state index in [-0.39, 0.29) is 24.0 Å². The predicted octanol–water partition coefficient (Wildman–Crippen LogP) is 4.85. The molecule has 0 radical (unpaired) electrons. The van der Waals surface area contributed by atoms with Gasteiger partial charge in [0, 0.05) is 23.9 Å². The summed E-state index contributed by atoms with van der Waals surface area (Å²) in [6, 6.07) is 2.22. The van der Waals surface area contributed by atoms with E-state index in [1.165, 1.54) is 27.6 Å². The first kappa shape index (κ1) is 16.9. The topological polar surface area (TPSA) is 38.3 Å². The Balaban J connectivity index is 1.93. The molecule has 1 aromatic rings. The van der Waals surface area contributed by atoms with Gasteiger partial charge in [0.2, 0.25) is 5.91 Å². The lowest BCUT2D eigenvalue weighted by atomic mass is 9.79. The molecule has 1 N–H and O–H groups in total. The van der Waals surface area contributed by atoms with Crippen molar-refractivity contribution < 1.29 is 10.9 Å². The molecule has 1 aliphatic heterocycles. The molecule has 1 amide bonds. The standard InChI is InChI=1S/C22H33NO2/c1-7-8-19(24)23-15(5)13(3)18-10-9-17-11-12(2)22-20(21(17)18)14(4)16(6)25-22/h11,13-16,18H,7-10H2,1-6H3,(H,23,24)/t13?,14?,15?,16?,18-/m0/s1/i/hD. The number of fused-ring (bicyclic) bond motifs is 3. The molecule has 4 unspecified atom stereocenters. The molecular formula is C22H33NO2. The average Bonchev–Trinajstić information content (AvgIpc) is 3.15. The fourth-order valence-electron chi connectivity index (χ4n) is 4.63. The quantitative estimate of drug-likeness (QED) is 0.829. The first-order valence-electron chi connectivity index (χ1n) is 10.4. The number of rotatable bonds is 5. The minimum Gasteiger partial charge on any atom is -0.490 e. The van der Waals surface area contributed by atoms with Gasteiger partial charge in [-0.15, -0.1) is 0 Å². The highest BCUT2D eigenvalue weighted by molar-refractivity contribution is 5.76. The molecule has 5 atom stereocenters. The van der Waals surface area contributed by atoms with Crippen LogP contribution >= 0.6 is 0 Å². The van der Waals surface area contributed by atoms with Crippen LogP contribution in [0.4, 0.5) is 0 Å². The van der Waals surface area contributed by atoms with Gasteiger partial charge < -0.3 is 10.0 Å². The Bertz CT molecular complexity index is 702. The SMILES string of the molecule is [2H]N(C(=O)CCC)C(C)C(C)[C@@H]1CCc2cc(C)c3c(c21)C(C)C(C)O3. The molecule has 0 spiro atoms. The molecular weight excluding hydrogens is 310 g/mol. The van der Waals surface area contributed by atoms with Crippen LogP contribution in [0.2, 0.25) is 1.41 Å². The van der Waals surface area contributed by atoms with E-state index in [0.29, 0.717) is 18.3 Å². The zero-order chi connectivity index (χ0) is 19.2. The zero-order valence-electron chi connectivity index (χ0n) is 17.6. The van der Waals surface area contributed by atoms with Crippen molar-refractivity contribution in [3.8, 4) is 5.75 Å². The Morgan fingerprint density at radius 1 is 1.40 bits per heavy atom. The Hall–Kier alpha value is -1.51. The van der Waals surface area contributed by atoms with Crippen molar-refractivity contribution in [2.24, 2.45) is 5.92 Å². The Labute approximate surface area is 154 Å². The fraction of sp³-hybridized carbons (Fsp3) is 0.682. The third-order valence-electron chi connectivity index (χ3n) is 6.40. The van der Waals surface area contributed by atoms with Crippen LogP contribution in [0.15, 0.2) is 6.07 Å². The van der Waals surface area contributed by atoms with Crippen LogP contribution in [-0.2, 0) is 11.2 Å². The number of hydrogen-bond acceptors (Lipinski definition) is 2. The monoisotopic (exact) mass is 344 g/mol. The average molecular weight is 345 g/mol. The van der Waals surface area contributed by atoms with E-state index in [9.17, 15) is 4.79 Å². The summed E-state index contributed by atoms with van der Waals surface area (Å²) < 4.78 is 14.5. The largest absolute Gasteiger partial charge is 0.490 e. The van der Waals surface area contributed by atoms with Crippen molar-refractivity contribution in [1.29, 1.82) is 0 Å². The molecule has 3 rings (SSSR count).